The first kappa shape index (κ1) is 51.7. The van der Waals surface area contributed by atoms with Gasteiger partial charge in [-0.2, -0.15) is 0 Å². The molecule has 8 heteroatoms. The third kappa shape index (κ3) is 8.49. The zero-order chi connectivity index (χ0) is 55.9. The SMILES string of the molecule is Brc1ccc(-c2c3nc(c(-c4ccc(Br)cc4)c4[nH]c(c(-c5ccc(Br)cc5)c5nc(c(-c6ccc(Br)cc6)c6[nH]c2c2cc7c(cc62)CCCC7)-c2cc6c(cc2-5)CCCC6)c2cc5c(cc42)CCCC5)-c2cc4c(cc2-3)CCCC4)cc1. The Morgan fingerprint density at radius 1 is 0.250 bits per heavy atom. The van der Waals surface area contributed by atoms with Gasteiger partial charge in [0.05, 0.1) is 44.8 Å². The van der Waals surface area contributed by atoms with Crippen LogP contribution in [0.25, 0.3) is 133 Å². The van der Waals surface area contributed by atoms with Crippen LogP contribution in [-0.4, -0.2) is 19.9 Å². The summed E-state index contributed by atoms with van der Waals surface area (Å²) in [5, 5.41) is 4.87. The fourth-order valence-electron chi connectivity index (χ4n) is 15.4. The van der Waals surface area contributed by atoms with E-state index >= 15 is 0 Å². The topological polar surface area (TPSA) is 57.4 Å². The summed E-state index contributed by atoms with van der Waals surface area (Å²) in [4.78, 5) is 21.5. The maximum Gasteiger partial charge on any atom is 0.0816 e. The maximum atomic E-state index is 6.31. The summed E-state index contributed by atoms with van der Waals surface area (Å²) in [6.45, 7) is 0. The molecule has 0 amide bonds. The Balaban J connectivity index is 1.20. The van der Waals surface area contributed by atoms with Crippen LogP contribution in [-0.2, 0) is 51.4 Å². The fraction of sp³-hybridized carbons (Fsp3) is 0.211. The molecule has 8 aromatic carbocycles. The highest BCUT2D eigenvalue weighted by atomic mass is 79.9. The summed E-state index contributed by atoms with van der Waals surface area (Å²) in [5.74, 6) is 0. The molecule has 4 heterocycles. The highest BCUT2D eigenvalue weighted by Gasteiger charge is 2.33. The molecule has 410 valence electrons. The van der Waals surface area contributed by atoms with Crippen molar-refractivity contribution in [1.29, 1.82) is 0 Å². The molecule has 0 spiro atoms. The molecule has 2 aliphatic heterocycles. The fourth-order valence-corrected chi connectivity index (χ4v) is 16.4. The lowest BCUT2D eigenvalue weighted by molar-refractivity contribution is 0.686. The lowest BCUT2D eigenvalue weighted by Crippen LogP contribution is -2.03. The van der Waals surface area contributed by atoms with E-state index in [-0.39, 0.29) is 0 Å². The van der Waals surface area contributed by atoms with Gasteiger partial charge in [-0.1, -0.05) is 112 Å². The van der Waals surface area contributed by atoms with Crippen molar-refractivity contribution in [2.45, 2.75) is 103 Å². The molecule has 84 heavy (non-hydrogen) atoms. The van der Waals surface area contributed by atoms with Crippen LogP contribution in [0.2, 0.25) is 0 Å². The van der Waals surface area contributed by atoms with E-state index in [2.05, 4.69) is 219 Å². The molecular weight excluding hydrogens is 1290 g/mol. The summed E-state index contributed by atoms with van der Waals surface area (Å²) < 4.78 is 4.17. The minimum Gasteiger partial charge on any atom is -0.353 e. The molecule has 0 saturated heterocycles. The van der Waals surface area contributed by atoms with Gasteiger partial charge in [0.1, 0.15) is 0 Å². The molecular formula is C76H58Br4N4. The van der Waals surface area contributed by atoms with E-state index < -0.39 is 0 Å². The third-order valence-electron chi connectivity index (χ3n) is 19.5. The Morgan fingerprint density at radius 3 is 0.643 bits per heavy atom. The Morgan fingerprint density at radius 2 is 0.440 bits per heavy atom. The Hall–Kier alpha value is -6.68. The number of benzene rings is 8. The van der Waals surface area contributed by atoms with Crippen LogP contribution >= 0.6 is 63.7 Å². The molecule has 0 saturated carbocycles. The maximum absolute atomic E-state index is 6.31. The van der Waals surface area contributed by atoms with E-state index in [1.165, 1.54) is 140 Å². The number of nitrogens with one attached hydrogen (secondary N) is 2. The molecule has 10 aromatic rings. The normalized spacial score (nSPS) is 15.1. The molecule has 8 bridgehead atoms. The quantitative estimate of drug-likeness (QED) is 0.184. The standard InChI is InChI=1S/C76H58Br4N4/c77-53-25-17-41(18-26-53)65-69-57-33-45-9-1-2-10-46(45)34-58(57)70(81-69)66(42-19-27-54(78)28-20-42)72-61-37-49-13-5-6-14-50(49)38-62(61)74(83-72)68(44-23-31-56(80)32-24-44)76-64-40-52-16-8-7-15-51(52)39-63(64)75(84-76)67(43-21-29-55(79)30-22-43)73-60-36-48-12-4-3-11-47(48)35-59(60)71(65)82-73/h17-40,81,84H,1-16H2. The van der Waals surface area contributed by atoms with E-state index in [9.17, 15) is 0 Å². The van der Waals surface area contributed by atoms with Gasteiger partial charge in [0, 0.05) is 83.9 Å². The predicted octanol–water partition coefficient (Wildman–Crippen LogP) is 22.5. The van der Waals surface area contributed by atoms with E-state index in [1.54, 1.807) is 0 Å². The predicted molar refractivity (Wildman–Crippen MR) is 364 cm³/mol. The van der Waals surface area contributed by atoms with Crippen molar-refractivity contribution in [3.8, 4) is 89.5 Å². The minimum absolute atomic E-state index is 0.997. The molecule has 5 aliphatic carbocycles. The largest absolute Gasteiger partial charge is 0.353 e. The lowest BCUT2D eigenvalue weighted by atomic mass is 9.85. The van der Waals surface area contributed by atoms with Crippen LogP contribution in [0.3, 0.4) is 0 Å². The van der Waals surface area contributed by atoms with Gasteiger partial charge in [-0.05, 0) is 267 Å². The van der Waals surface area contributed by atoms with Gasteiger partial charge in [0.15, 0.2) is 0 Å². The number of aromatic nitrogens is 4. The highest BCUT2D eigenvalue weighted by molar-refractivity contribution is 9.11. The van der Waals surface area contributed by atoms with Gasteiger partial charge in [0.25, 0.3) is 0 Å². The molecule has 2 aromatic heterocycles. The summed E-state index contributed by atoms with van der Waals surface area (Å²) in [6.07, 6.45) is 18.0. The van der Waals surface area contributed by atoms with Crippen LogP contribution in [0.1, 0.15) is 95.9 Å². The smallest absolute Gasteiger partial charge is 0.0816 e. The Bertz CT molecular complexity index is 4200. The number of aryl methyl sites for hydroxylation is 8. The summed E-state index contributed by atoms with van der Waals surface area (Å²) in [7, 11) is 0. The van der Waals surface area contributed by atoms with Crippen LogP contribution in [0.4, 0.5) is 0 Å². The van der Waals surface area contributed by atoms with Crippen LogP contribution in [0.5, 0.6) is 0 Å². The molecule has 0 atom stereocenters. The van der Waals surface area contributed by atoms with E-state index in [0.29, 0.717) is 0 Å². The molecule has 0 radical (unpaired) electrons. The highest BCUT2D eigenvalue weighted by Crippen LogP contribution is 2.54. The van der Waals surface area contributed by atoms with Gasteiger partial charge < -0.3 is 9.97 Å². The Labute approximate surface area is 523 Å². The molecule has 7 aliphatic rings. The third-order valence-corrected chi connectivity index (χ3v) is 21.6. The first-order valence-electron chi connectivity index (χ1n) is 30.4. The number of halogens is 4. The van der Waals surface area contributed by atoms with Crippen molar-refractivity contribution in [1.82, 2.24) is 19.9 Å². The van der Waals surface area contributed by atoms with E-state index in [0.717, 1.165) is 159 Å². The van der Waals surface area contributed by atoms with Gasteiger partial charge in [-0.15, -0.1) is 0 Å². The van der Waals surface area contributed by atoms with Gasteiger partial charge in [0.2, 0.25) is 0 Å². The number of nitrogens with zero attached hydrogens (tertiary/aromatic N) is 2. The number of aromatic amines is 2. The second-order valence-corrected chi connectivity index (χ2v) is 28.1. The number of rotatable bonds is 4. The monoisotopic (exact) mass is 1340 g/mol. The van der Waals surface area contributed by atoms with Crippen LogP contribution in [0, 0.1) is 0 Å². The van der Waals surface area contributed by atoms with Crippen molar-refractivity contribution in [2.24, 2.45) is 0 Å². The summed E-state index contributed by atoms with van der Waals surface area (Å²) in [6, 6.07) is 56.5. The van der Waals surface area contributed by atoms with E-state index in [1.807, 2.05) is 0 Å². The molecule has 0 unspecified atom stereocenters. The number of fused-ring (bicyclic) bond motifs is 4. The molecule has 0 fully saturated rings. The second-order valence-electron chi connectivity index (χ2n) is 24.4. The Kier molecular flexibility index (Phi) is 12.6. The van der Waals surface area contributed by atoms with Crippen LogP contribution in [0.15, 0.2) is 163 Å². The van der Waals surface area contributed by atoms with Crippen molar-refractivity contribution in [2.75, 3.05) is 0 Å². The number of H-pyrrole nitrogens is 2. The number of hydrogen-bond donors (Lipinski definition) is 2. The average molecular weight is 1350 g/mol. The first-order valence-corrected chi connectivity index (χ1v) is 33.6. The van der Waals surface area contributed by atoms with Crippen molar-refractivity contribution in [3.05, 3.63) is 208 Å². The summed E-state index contributed by atoms with van der Waals surface area (Å²) in [5.41, 5.74) is 33.5. The zero-order valence-electron chi connectivity index (χ0n) is 46.6. The van der Waals surface area contributed by atoms with Crippen LogP contribution < -0.4 is 0 Å². The van der Waals surface area contributed by atoms with Gasteiger partial charge >= 0.3 is 0 Å². The molecule has 17 rings (SSSR count). The van der Waals surface area contributed by atoms with Gasteiger partial charge in [-0.25, -0.2) is 9.97 Å². The second kappa shape index (κ2) is 20.5. The number of hydrogen-bond acceptors (Lipinski definition) is 2. The van der Waals surface area contributed by atoms with Gasteiger partial charge in [-0.3, -0.25) is 0 Å². The average Bonchev–Trinajstić information content (AvgIpc) is 1.89. The van der Waals surface area contributed by atoms with Crippen molar-refractivity contribution >= 4 is 107 Å². The van der Waals surface area contributed by atoms with Crippen molar-refractivity contribution in [3.63, 3.8) is 0 Å². The summed E-state index contributed by atoms with van der Waals surface area (Å²) >= 11 is 15.5. The van der Waals surface area contributed by atoms with E-state index in [4.69, 9.17) is 9.97 Å². The minimum atomic E-state index is 0.997. The van der Waals surface area contributed by atoms with Crippen molar-refractivity contribution < 1.29 is 0 Å². The first-order chi connectivity index (χ1) is 41.2. The molecule has 4 nitrogen and oxygen atoms in total. The molecule has 2 N–H and O–H groups in total. The lowest BCUT2D eigenvalue weighted by Gasteiger charge is -2.18. The zero-order valence-corrected chi connectivity index (χ0v) is 52.9.